The summed E-state index contributed by atoms with van der Waals surface area (Å²) in [7, 11) is 0. The van der Waals surface area contributed by atoms with Gasteiger partial charge < -0.3 is 14.9 Å². The zero-order valence-corrected chi connectivity index (χ0v) is 18.3. The van der Waals surface area contributed by atoms with Crippen LogP contribution in [0.25, 0.3) is 16.5 Å². The Hall–Kier alpha value is -3.15. The minimum atomic E-state index is 0.176. The van der Waals surface area contributed by atoms with Crippen LogP contribution in [0.2, 0.25) is 0 Å². The summed E-state index contributed by atoms with van der Waals surface area (Å²) in [5.41, 5.74) is 1.48. The van der Waals surface area contributed by atoms with Crippen molar-refractivity contribution in [1.29, 1.82) is 0 Å². The number of hydrogen-bond acceptors (Lipinski definition) is 5. The first-order valence-corrected chi connectivity index (χ1v) is 11.1. The lowest BCUT2D eigenvalue weighted by Gasteiger charge is -2.36. The lowest BCUT2D eigenvalue weighted by atomic mass is 10.1. The maximum absolute atomic E-state index is 12.5. The van der Waals surface area contributed by atoms with Crippen LogP contribution in [0.4, 0.5) is 5.82 Å². The van der Waals surface area contributed by atoms with Crippen molar-refractivity contribution in [3.8, 4) is 0 Å². The molecule has 0 spiro atoms. The van der Waals surface area contributed by atoms with Crippen LogP contribution in [0, 0.1) is 5.92 Å². The number of anilines is 1. The molecular weight excluding hydrogens is 388 g/mol. The van der Waals surface area contributed by atoms with E-state index in [0.717, 1.165) is 42.7 Å². The Kier molecular flexibility index (Phi) is 6.35. The van der Waals surface area contributed by atoms with Gasteiger partial charge in [-0.2, -0.15) is 0 Å². The molecule has 1 N–H and O–H groups in total. The van der Waals surface area contributed by atoms with E-state index in [1.54, 1.807) is 6.08 Å². The first-order valence-electron chi connectivity index (χ1n) is 11.1. The van der Waals surface area contributed by atoms with Crippen LogP contribution in [0.3, 0.4) is 0 Å². The van der Waals surface area contributed by atoms with Crippen LogP contribution in [0.1, 0.15) is 38.9 Å². The summed E-state index contributed by atoms with van der Waals surface area (Å²) in [5, 5.41) is 11.5. The van der Waals surface area contributed by atoms with Gasteiger partial charge in [-0.25, -0.2) is 9.97 Å². The molecule has 1 aromatic heterocycles. The van der Waals surface area contributed by atoms with Gasteiger partial charge in [0.15, 0.2) is 5.82 Å². The third-order valence-corrected chi connectivity index (χ3v) is 5.80. The zero-order valence-electron chi connectivity index (χ0n) is 18.3. The summed E-state index contributed by atoms with van der Waals surface area (Å²) in [5.74, 6) is 2.33. The minimum Gasteiger partial charge on any atom is -0.507 e. The number of aliphatic hydroxyl groups excluding tert-OH is 1. The number of carbonyl (C=O) groups is 1. The number of allylic oxidation sites excluding steroid dienone is 5. The zero-order chi connectivity index (χ0) is 21.8. The minimum absolute atomic E-state index is 0.176. The SMILES string of the molecule is CC(C)CCC(=O)N1CCN(c2nc(C3=C(O)C=CCC=C3)nc3ccccc23)CC1. The molecule has 0 saturated carbocycles. The summed E-state index contributed by atoms with van der Waals surface area (Å²) >= 11 is 0. The van der Waals surface area contributed by atoms with Crippen LogP contribution in [0.15, 0.2) is 54.3 Å². The summed E-state index contributed by atoms with van der Waals surface area (Å²) in [6.45, 7) is 7.15. The van der Waals surface area contributed by atoms with Crippen molar-refractivity contribution in [2.24, 2.45) is 5.92 Å². The van der Waals surface area contributed by atoms with Gasteiger partial charge in [-0.1, -0.05) is 44.2 Å². The van der Waals surface area contributed by atoms with Crippen LogP contribution < -0.4 is 4.90 Å². The van der Waals surface area contributed by atoms with Crippen LogP contribution in [-0.4, -0.2) is 52.1 Å². The second kappa shape index (κ2) is 9.33. The van der Waals surface area contributed by atoms with E-state index in [9.17, 15) is 9.90 Å². The van der Waals surface area contributed by atoms with Crippen molar-refractivity contribution in [2.45, 2.75) is 33.1 Å². The third-order valence-electron chi connectivity index (χ3n) is 5.80. The average Bonchev–Trinajstić information content (AvgIpc) is 3.01. The van der Waals surface area contributed by atoms with Gasteiger partial charge in [0.05, 0.1) is 11.1 Å². The number of rotatable bonds is 5. The van der Waals surface area contributed by atoms with Crippen LogP contribution >= 0.6 is 0 Å². The maximum atomic E-state index is 12.5. The monoisotopic (exact) mass is 418 g/mol. The Morgan fingerprint density at radius 1 is 1.06 bits per heavy atom. The lowest BCUT2D eigenvalue weighted by Crippen LogP contribution is -2.49. The highest BCUT2D eigenvalue weighted by molar-refractivity contribution is 5.91. The fourth-order valence-corrected chi connectivity index (χ4v) is 3.97. The Bertz CT molecular complexity index is 1050. The van der Waals surface area contributed by atoms with Gasteiger partial charge in [0.1, 0.15) is 11.6 Å². The Labute approximate surface area is 183 Å². The molecule has 1 saturated heterocycles. The molecule has 1 amide bonds. The number of carbonyl (C=O) groups excluding carboxylic acids is 1. The Morgan fingerprint density at radius 2 is 1.81 bits per heavy atom. The first kappa shape index (κ1) is 21.1. The van der Waals surface area contributed by atoms with Gasteiger partial charge in [0.2, 0.25) is 5.91 Å². The topological polar surface area (TPSA) is 69.6 Å². The fourth-order valence-electron chi connectivity index (χ4n) is 3.97. The molecule has 1 aromatic carbocycles. The number of para-hydroxylation sites is 1. The number of hydrogen-bond donors (Lipinski definition) is 1. The predicted molar refractivity (Wildman–Crippen MR) is 125 cm³/mol. The third kappa shape index (κ3) is 4.79. The number of aliphatic hydroxyl groups is 1. The summed E-state index contributed by atoms with van der Waals surface area (Å²) in [6, 6.07) is 7.96. The average molecular weight is 419 g/mol. The highest BCUT2D eigenvalue weighted by atomic mass is 16.3. The van der Waals surface area contributed by atoms with Gasteiger partial charge in [-0.3, -0.25) is 4.79 Å². The molecule has 2 heterocycles. The fraction of sp³-hybridized carbons (Fsp3) is 0.400. The van der Waals surface area contributed by atoms with Crippen LogP contribution in [-0.2, 0) is 4.79 Å². The predicted octanol–water partition coefficient (Wildman–Crippen LogP) is 4.50. The highest BCUT2D eigenvalue weighted by Crippen LogP contribution is 2.29. The molecule has 2 aromatic rings. The number of benzene rings is 1. The summed E-state index contributed by atoms with van der Waals surface area (Å²) in [6.07, 6.45) is 9.81. The molecular formula is C25H30N4O2. The van der Waals surface area contributed by atoms with E-state index in [1.165, 1.54) is 0 Å². The Morgan fingerprint density at radius 3 is 2.58 bits per heavy atom. The molecule has 0 radical (unpaired) electrons. The molecule has 6 heteroatoms. The van der Waals surface area contributed by atoms with E-state index in [2.05, 4.69) is 18.7 Å². The highest BCUT2D eigenvalue weighted by Gasteiger charge is 2.24. The van der Waals surface area contributed by atoms with Crippen molar-refractivity contribution in [2.75, 3.05) is 31.1 Å². The summed E-state index contributed by atoms with van der Waals surface area (Å²) in [4.78, 5) is 26.3. The van der Waals surface area contributed by atoms with E-state index in [1.807, 2.05) is 47.4 Å². The van der Waals surface area contributed by atoms with Crippen LogP contribution in [0.5, 0.6) is 0 Å². The second-order valence-corrected chi connectivity index (χ2v) is 8.53. The maximum Gasteiger partial charge on any atom is 0.222 e. The molecule has 1 aliphatic carbocycles. The Balaban J connectivity index is 1.61. The molecule has 1 fully saturated rings. The van der Waals surface area contributed by atoms with E-state index < -0.39 is 0 Å². The normalized spacial score (nSPS) is 17.0. The van der Waals surface area contributed by atoms with Crippen molar-refractivity contribution in [3.05, 3.63) is 60.2 Å². The standard InChI is InChI=1S/C25H30N4O2/c1-18(2)12-13-23(31)28-14-16-29(17-15-28)25-19-8-6-7-10-21(19)26-24(27-25)20-9-4-3-5-11-22(20)30/h4-11,18,30H,3,12-17H2,1-2H3. The van der Waals surface area contributed by atoms with E-state index in [0.29, 0.717) is 36.8 Å². The first-order chi connectivity index (χ1) is 15.0. The number of nitrogens with zero attached hydrogens (tertiary/aromatic N) is 4. The molecule has 31 heavy (non-hydrogen) atoms. The molecule has 0 bridgehead atoms. The molecule has 162 valence electrons. The summed E-state index contributed by atoms with van der Waals surface area (Å²) < 4.78 is 0. The molecule has 0 atom stereocenters. The van der Waals surface area contributed by atoms with Gasteiger partial charge in [-0.05, 0) is 37.0 Å². The smallest absolute Gasteiger partial charge is 0.222 e. The number of fused-ring (bicyclic) bond motifs is 1. The lowest BCUT2D eigenvalue weighted by molar-refractivity contribution is -0.131. The van der Waals surface area contributed by atoms with Crippen molar-refractivity contribution >= 4 is 28.2 Å². The van der Waals surface area contributed by atoms with E-state index in [4.69, 9.17) is 9.97 Å². The molecule has 0 unspecified atom stereocenters. The number of amides is 1. The van der Waals surface area contributed by atoms with E-state index in [-0.39, 0.29) is 11.7 Å². The van der Waals surface area contributed by atoms with Gasteiger partial charge in [0, 0.05) is 38.0 Å². The second-order valence-electron chi connectivity index (χ2n) is 8.53. The molecule has 6 nitrogen and oxygen atoms in total. The quantitative estimate of drug-likeness (QED) is 0.774. The molecule has 4 rings (SSSR count). The van der Waals surface area contributed by atoms with Crippen molar-refractivity contribution in [1.82, 2.24) is 14.9 Å². The van der Waals surface area contributed by atoms with Gasteiger partial charge in [-0.15, -0.1) is 0 Å². The van der Waals surface area contributed by atoms with Crippen molar-refractivity contribution < 1.29 is 9.90 Å². The van der Waals surface area contributed by atoms with Gasteiger partial charge >= 0.3 is 0 Å². The number of piperazine rings is 1. The number of aromatic nitrogens is 2. The molecule has 1 aliphatic heterocycles. The van der Waals surface area contributed by atoms with Gasteiger partial charge in [0.25, 0.3) is 0 Å². The van der Waals surface area contributed by atoms with E-state index >= 15 is 0 Å². The largest absolute Gasteiger partial charge is 0.507 e. The van der Waals surface area contributed by atoms with Crippen molar-refractivity contribution in [3.63, 3.8) is 0 Å². The molecule has 2 aliphatic rings.